The molecule has 0 aliphatic rings. The first-order valence-corrected chi connectivity index (χ1v) is 5.85. The molecule has 0 fully saturated rings. The number of nitrogens with one attached hydrogen (secondary N) is 1. The summed E-state index contributed by atoms with van der Waals surface area (Å²) in [6, 6.07) is 2.69. The van der Waals surface area contributed by atoms with Gasteiger partial charge in [0.2, 0.25) is 0 Å². The zero-order valence-electron chi connectivity index (χ0n) is 10.4. The predicted octanol–water partition coefficient (Wildman–Crippen LogP) is 1.62. The van der Waals surface area contributed by atoms with Gasteiger partial charge in [-0.3, -0.25) is 14.9 Å². The first-order chi connectivity index (χ1) is 8.93. The number of halogens is 1. The molecule has 0 heterocycles. The molecule has 0 bridgehead atoms. The van der Waals surface area contributed by atoms with Crippen LogP contribution in [0.1, 0.15) is 30.1 Å². The number of nitrogens with zero attached hydrogens (tertiary/aromatic N) is 1. The van der Waals surface area contributed by atoms with Gasteiger partial charge in [0, 0.05) is 18.2 Å². The van der Waals surface area contributed by atoms with E-state index < -0.39 is 28.4 Å². The highest BCUT2D eigenvalue weighted by Crippen LogP contribution is 2.16. The molecule has 6 nitrogen and oxygen atoms in total. The molecule has 1 unspecified atom stereocenters. The number of amides is 1. The lowest BCUT2D eigenvalue weighted by Gasteiger charge is -2.08. The molecule has 1 aromatic rings. The molecule has 0 aliphatic heterocycles. The van der Waals surface area contributed by atoms with Crippen LogP contribution in [0.4, 0.5) is 10.1 Å². The van der Waals surface area contributed by atoms with Crippen LogP contribution in [0.3, 0.4) is 0 Å². The van der Waals surface area contributed by atoms with Crippen LogP contribution in [0.15, 0.2) is 18.2 Å². The smallest absolute Gasteiger partial charge is 0.273 e. The van der Waals surface area contributed by atoms with Crippen LogP contribution in [0.2, 0.25) is 0 Å². The fourth-order valence-electron chi connectivity index (χ4n) is 1.47. The first kappa shape index (κ1) is 15.0. The number of carbonyl (C=O) groups is 1. The minimum atomic E-state index is -0.840. The van der Waals surface area contributed by atoms with Crippen LogP contribution in [0.5, 0.6) is 0 Å². The van der Waals surface area contributed by atoms with Gasteiger partial charge in [0.25, 0.3) is 11.6 Å². The predicted molar refractivity (Wildman–Crippen MR) is 66.3 cm³/mol. The molecule has 1 aromatic carbocycles. The number of nitro groups is 1. The molecule has 104 valence electrons. The fourth-order valence-corrected chi connectivity index (χ4v) is 1.47. The highest BCUT2D eigenvalue weighted by Gasteiger charge is 2.14. The summed E-state index contributed by atoms with van der Waals surface area (Å²) in [6.45, 7) is 2.03. The average molecular weight is 270 g/mol. The van der Waals surface area contributed by atoms with Crippen molar-refractivity contribution in [3.63, 3.8) is 0 Å². The molecule has 1 amide bonds. The highest BCUT2D eigenvalue weighted by atomic mass is 19.1. The molecule has 1 atom stereocenters. The molecule has 1 rings (SSSR count). The van der Waals surface area contributed by atoms with Crippen molar-refractivity contribution in [2.24, 2.45) is 0 Å². The van der Waals surface area contributed by atoms with Gasteiger partial charge in [-0.2, -0.15) is 0 Å². The third-order valence-corrected chi connectivity index (χ3v) is 2.59. The van der Waals surface area contributed by atoms with E-state index in [-0.39, 0.29) is 12.1 Å². The quantitative estimate of drug-likeness (QED) is 0.607. The van der Waals surface area contributed by atoms with E-state index in [9.17, 15) is 24.4 Å². The Morgan fingerprint density at radius 2 is 2.21 bits per heavy atom. The Labute approximate surface area is 109 Å². The second-order valence-corrected chi connectivity index (χ2v) is 4.06. The standard InChI is InChI=1S/C12H15FN2O4/c1-2-11(16)3-4-14-12(17)8-5-9(13)7-10(6-8)15(18)19/h5-7,11,16H,2-4H2,1H3,(H,14,17). The van der Waals surface area contributed by atoms with Crippen molar-refractivity contribution < 1.29 is 19.2 Å². The second-order valence-electron chi connectivity index (χ2n) is 4.06. The number of aliphatic hydroxyl groups excluding tert-OH is 1. The summed E-state index contributed by atoms with van der Waals surface area (Å²) >= 11 is 0. The number of non-ortho nitro benzene ring substituents is 1. The van der Waals surface area contributed by atoms with E-state index in [1.807, 2.05) is 6.92 Å². The van der Waals surface area contributed by atoms with Crippen molar-refractivity contribution in [1.82, 2.24) is 5.32 Å². The van der Waals surface area contributed by atoms with Crippen molar-refractivity contribution in [1.29, 1.82) is 0 Å². The highest BCUT2D eigenvalue weighted by molar-refractivity contribution is 5.94. The van der Waals surface area contributed by atoms with Crippen molar-refractivity contribution >= 4 is 11.6 Å². The zero-order chi connectivity index (χ0) is 14.4. The average Bonchev–Trinajstić information content (AvgIpc) is 2.37. The number of hydrogen-bond acceptors (Lipinski definition) is 4. The van der Waals surface area contributed by atoms with Gasteiger partial charge in [-0.25, -0.2) is 4.39 Å². The summed E-state index contributed by atoms with van der Waals surface area (Å²) in [5, 5.41) is 22.3. The topological polar surface area (TPSA) is 92.5 Å². The summed E-state index contributed by atoms with van der Waals surface area (Å²) in [5.74, 6) is -1.45. The van der Waals surface area contributed by atoms with Crippen molar-refractivity contribution in [2.45, 2.75) is 25.9 Å². The SMILES string of the molecule is CCC(O)CCNC(=O)c1cc(F)cc([N+](=O)[O-])c1. The zero-order valence-corrected chi connectivity index (χ0v) is 10.4. The van der Waals surface area contributed by atoms with Gasteiger partial charge >= 0.3 is 0 Å². The Balaban J connectivity index is 2.69. The second kappa shape index (κ2) is 6.79. The Morgan fingerprint density at radius 1 is 1.53 bits per heavy atom. The molecule has 2 N–H and O–H groups in total. The van der Waals surface area contributed by atoms with E-state index in [4.69, 9.17) is 0 Å². The van der Waals surface area contributed by atoms with Crippen LogP contribution in [0.25, 0.3) is 0 Å². The van der Waals surface area contributed by atoms with E-state index in [0.717, 1.165) is 18.2 Å². The normalized spacial score (nSPS) is 11.9. The van der Waals surface area contributed by atoms with E-state index in [2.05, 4.69) is 5.32 Å². The molecule has 19 heavy (non-hydrogen) atoms. The maximum Gasteiger partial charge on any atom is 0.273 e. The monoisotopic (exact) mass is 270 g/mol. The maximum atomic E-state index is 13.1. The molecule has 0 saturated heterocycles. The van der Waals surface area contributed by atoms with Gasteiger partial charge in [0.15, 0.2) is 0 Å². The van der Waals surface area contributed by atoms with Crippen molar-refractivity contribution in [3.05, 3.63) is 39.7 Å². The van der Waals surface area contributed by atoms with Gasteiger partial charge in [-0.05, 0) is 18.9 Å². The van der Waals surface area contributed by atoms with Gasteiger partial charge in [-0.1, -0.05) is 6.92 Å². The van der Waals surface area contributed by atoms with E-state index in [1.54, 1.807) is 0 Å². The molecule has 0 saturated carbocycles. The van der Waals surface area contributed by atoms with Gasteiger partial charge in [-0.15, -0.1) is 0 Å². The molecule has 0 aliphatic carbocycles. The number of rotatable bonds is 6. The Bertz CT molecular complexity index is 479. The Hall–Kier alpha value is -2.02. The van der Waals surface area contributed by atoms with E-state index >= 15 is 0 Å². The lowest BCUT2D eigenvalue weighted by molar-refractivity contribution is -0.385. The lowest BCUT2D eigenvalue weighted by Crippen LogP contribution is -2.27. The fraction of sp³-hybridized carbons (Fsp3) is 0.417. The first-order valence-electron chi connectivity index (χ1n) is 5.85. The number of aliphatic hydroxyl groups is 1. The summed E-state index contributed by atoms with van der Waals surface area (Å²) in [4.78, 5) is 21.4. The van der Waals surface area contributed by atoms with Crippen LogP contribution in [-0.2, 0) is 0 Å². The summed E-state index contributed by atoms with van der Waals surface area (Å²) in [7, 11) is 0. The van der Waals surface area contributed by atoms with Crippen LogP contribution >= 0.6 is 0 Å². The van der Waals surface area contributed by atoms with Gasteiger partial charge < -0.3 is 10.4 Å². The maximum absolute atomic E-state index is 13.1. The van der Waals surface area contributed by atoms with Crippen LogP contribution in [0, 0.1) is 15.9 Å². The molecular formula is C12H15FN2O4. The summed E-state index contributed by atoms with van der Waals surface area (Å²) in [5.41, 5.74) is -0.587. The van der Waals surface area contributed by atoms with Gasteiger partial charge in [0.1, 0.15) is 5.82 Å². The minimum Gasteiger partial charge on any atom is -0.393 e. The summed E-state index contributed by atoms with van der Waals surface area (Å²) in [6.07, 6.45) is 0.433. The van der Waals surface area contributed by atoms with Gasteiger partial charge in [0.05, 0.1) is 17.1 Å². The third-order valence-electron chi connectivity index (χ3n) is 2.59. The van der Waals surface area contributed by atoms with Crippen molar-refractivity contribution in [3.8, 4) is 0 Å². The van der Waals surface area contributed by atoms with E-state index in [0.29, 0.717) is 12.8 Å². The van der Waals surface area contributed by atoms with Crippen LogP contribution in [-0.4, -0.2) is 28.6 Å². The lowest BCUT2D eigenvalue weighted by atomic mass is 10.1. The molecule has 0 radical (unpaired) electrons. The van der Waals surface area contributed by atoms with Crippen LogP contribution < -0.4 is 5.32 Å². The number of nitro benzene ring substituents is 1. The molecule has 0 aromatic heterocycles. The Morgan fingerprint density at radius 3 is 2.79 bits per heavy atom. The molecular weight excluding hydrogens is 255 g/mol. The molecule has 7 heteroatoms. The summed E-state index contributed by atoms with van der Waals surface area (Å²) < 4.78 is 13.1. The largest absolute Gasteiger partial charge is 0.393 e. The third kappa shape index (κ3) is 4.63. The minimum absolute atomic E-state index is 0.113. The number of benzene rings is 1. The number of hydrogen-bond donors (Lipinski definition) is 2. The number of carbonyl (C=O) groups excluding carboxylic acids is 1. The van der Waals surface area contributed by atoms with Crippen molar-refractivity contribution in [2.75, 3.05) is 6.54 Å². The molecule has 0 spiro atoms. The Kier molecular flexibility index (Phi) is 5.37. The van der Waals surface area contributed by atoms with E-state index in [1.165, 1.54) is 0 Å².